The van der Waals surface area contributed by atoms with Crippen molar-refractivity contribution in [2.45, 2.75) is 56.5 Å². The van der Waals surface area contributed by atoms with Crippen LogP contribution in [0.3, 0.4) is 0 Å². The van der Waals surface area contributed by atoms with E-state index in [9.17, 15) is 4.79 Å². The topological polar surface area (TPSA) is 53.6 Å². The highest BCUT2D eigenvalue weighted by atomic mass is 16.5. The van der Waals surface area contributed by atoms with E-state index in [2.05, 4.69) is 15.5 Å². The first-order chi connectivity index (χ1) is 10.3. The summed E-state index contributed by atoms with van der Waals surface area (Å²) in [5.41, 5.74) is 0.240. The van der Waals surface area contributed by atoms with Gasteiger partial charge in [-0.05, 0) is 25.7 Å². The Morgan fingerprint density at radius 2 is 2.00 bits per heavy atom. The molecule has 0 atom stereocenters. The Labute approximate surface area is 127 Å². The number of ether oxygens (including phenoxy) is 1. The Kier molecular flexibility index (Phi) is 5.14. The van der Waals surface area contributed by atoms with E-state index in [0.717, 1.165) is 45.7 Å². The average Bonchev–Trinajstić information content (AvgIpc) is 2.52. The van der Waals surface area contributed by atoms with E-state index in [1.165, 1.54) is 32.1 Å². The van der Waals surface area contributed by atoms with Crippen molar-refractivity contribution in [3.8, 4) is 0 Å². The van der Waals surface area contributed by atoms with Crippen LogP contribution in [0.4, 0.5) is 0 Å². The molecular weight excluding hydrogens is 266 g/mol. The van der Waals surface area contributed by atoms with Gasteiger partial charge in [-0.3, -0.25) is 9.69 Å². The highest BCUT2D eigenvalue weighted by Crippen LogP contribution is 2.34. The van der Waals surface area contributed by atoms with Gasteiger partial charge in [-0.25, -0.2) is 0 Å². The molecule has 0 aromatic heterocycles. The van der Waals surface area contributed by atoms with Crippen LogP contribution in [0.1, 0.15) is 44.9 Å². The summed E-state index contributed by atoms with van der Waals surface area (Å²) in [5.74, 6) is 0.203. The molecule has 1 aliphatic carbocycles. The lowest BCUT2D eigenvalue weighted by atomic mass is 9.79. The molecule has 5 nitrogen and oxygen atoms in total. The molecular formula is C16H29N3O2. The lowest BCUT2D eigenvalue weighted by Crippen LogP contribution is -2.63. The number of carbonyl (C=O) groups is 1. The first kappa shape index (κ1) is 15.3. The molecule has 0 radical (unpaired) electrons. The highest BCUT2D eigenvalue weighted by molar-refractivity contribution is 5.78. The van der Waals surface area contributed by atoms with E-state index in [1.807, 2.05) is 0 Å². The summed E-state index contributed by atoms with van der Waals surface area (Å²) in [7, 11) is 0. The predicted molar refractivity (Wildman–Crippen MR) is 82.2 cm³/mol. The van der Waals surface area contributed by atoms with Crippen molar-refractivity contribution < 1.29 is 9.53 Å². The zero-order chi connectivity index (χ0) is 14.5. The van der Waals surface area contributed by atoms with Gasteiger partial charge in [0.1, 0.15) is 0 Å². The molecule has 1 saturated carbocycles. The number of hydrogen-bond acceptors (Lipinski definition) is 4. The predicted octanol–water partition coefficient (Wildman–Crippen LogP) is 0.890. The fourth-order valence-electron chi connectivity index (χ4n) is 4.12. The van der Waals surface area contributed by atoms with Gasteiger partial charge in [-0.2, -0.15) is 0 Å². The van der Waals surface area contributed by atoms with Gasteiger partial charge < -0.3 is 15.4 Å². The smallest absolute Gasteiger partial charge is 0.234 e. The third-order valence-corrected chi connectivity index (χ3v) is 5.39. The summed E-state index contributed by atoms with van der Waals surface area (Å²) in [4.78, 5) is 14.8. The highest BCUT2D eigenvalue weighted by Gasteiger charge is 2.40. The van der Waals surface area contributed by atoms with Crippen molar-refractivity contribution in [3.63, 3.8) is 0 Å². The molecule has 0 aromatic rings. The van der Waals surface area contributed by atoms with Crippen LogP contribution in [-0.2, 0) is 9.53 Å². The number of piperazine rings is 1. The fraction of sp³-hybridized carbons (Fsp3) is 0.938. The third kappa shape index (κ3) is 3.76. The lowest BCUT2D eigenvalue weighted by Gasteiger charge is -2.49. The van der Waals surface area contributed by atoms with Crippen LogP contribution in [0.25, 0.3) is 0 Å². The molecule has 1 spiro atoms. The van der Waals surface area contributed by atoms with E-state index in [0.29, 0.717) is 12.6 Å². The second kappa shape index (κ2) is 7.07. The second-order valence-electron chi connectivity index (χ2n) is 6.84. The minimum atomic E-state index is 0.203. The van der Waals surface area contributed by atoms with E-state index in [-0.39, 0.29) is 11.4 Å². The quantitative estimate of drug-likeness (QED) is 0.812. The van der Waals surface area contributed by atoms with Gasteiger partial charge in [0.15, 0.2) is 0 Å². The normalized spacial score (nSPS) is 27.6. The minimum absolute atomic E-state index is 0.203. The van der Waals surface area contributed by atoms with Gasteiger partial charge in [0.05, 0.1) is 6.54 Å². The molecule has 21 heavy (non-hydrogen) atoms. The van der Waals surface area contributed by atoms with Crippen molar-refractivity contribution in [1.29, 1.82) is 0 Å². The van der Waals surface area contributed by atoms with Gasteiger partial charge in [-0.1, -0.05) is 19.3 Å². The maximum Gasteiger partial charge on any atom is 0.234 e. The van der Waals surface area contributed by atoms with Crippen LogP contribution in [-0.4, -0.2) is 61.8 Å². The molecule has 2 N–H and O–H groups in total. The van der Waals surface area contributed by atoms with Crippen LogP contribution < -0.4 is 10.6 Å². The molecule has 3 fully saturated rings. The maximum atomic E-state index is 12.4. The summed E-state index contributed by atoms with van der Waals surface area (Å²) in [5, 5.41) is 6.75. The summed E-state index contributed by atoms with van der Waals surface area (Å²) < 4.78 is 5.35. The van der Waals surface area contributed by atoms with Crippen LogP contribution >= 0.6 is 0 Å². The zero-order valence-electron chi connectivity index (χ0n) is 13.0. The van der Waals surface area contributed by atoms with Crippen LogP contribution in [0, 0.1) is 0 Å². The van der Waals surface area contributed by atoms with Crippen molar-refractivity contribution in [3.05, 3.63) is 0 Å². The van der Waals surface area contributed by atoms with E-state index >= 15 is 0 Å². The molecule has 3 aliphatic rings. The number of hydrogen-bond donors (Lipinski definition) is 2. The van der Waals surface area contributed by atoms with Crippen LogP contribution in [0.15, 0.2) is 0 Å². The number of rotatable bonds is 3. The molecule has 0 bridgehead atoms. The summed E-state index contributed by atoms with van der Waals surface area (Å²) in [6.45, 7) is 5.19. The molecule has 2 heterocycles. The van der Waals surface area contributed by atoms with E-state index < -0.39 is 0 Å². The monoisotopic (exact) mass is 295 g/mol. The molecule has 0 aromatic carbocycles. The number of nitrogens with zero attached hydrogens (tertiary/aromatic N) is 1. The standard InChI is InChI=1S/C16H29N3O2/c20-15(18-14-4-10-21-11-5-14)12-19-9-8-17-13-16(19)6-2-1-3-7-16/h14,17H,1-13H2,(H,18,20). The Morgan fingerprint density at radius 3 is 2.76 bits per heavy atom. The summed E-state index contributed by atoms with van der Waals surface area (Å²) >= 11 is 0. The van der Waals surface area contributed by atoms with Crippen molar-refractivity contribution in [2.24, 2.45) is 0 Å². The molecule has 2 saturated heterocycles. The number of amides is 1. The molecule has 1 amide bonds. The first-order valence-corrected chi connectivity index (χ1v) is 8.61. The summed E-state index contributed by atoms with van der Waals surface area (Å²) in [6, 6.07) is 0.316. The molecule has 5 heteroatoms. The number of nitrogens with one attached hydrogen (secondary N) is 2. The zero-order valence-corrected chi connectivity index (χ0v) is 13.0. The molecule has 0 unspecified atom stereocenters. The van der Waals surface area contributed by atoms with E-state index in [4.69, 9.17) is 4.74 Å². The maximum absolute atomic E-state index is 12.4. The Bertz CT molecular complexity index is 341. The Balaban J connectivity index is 1.55. The average molecular weight is 295 g/mol. The van der Waals surface area contributed by atoms with Gasteiger partial charge in [0.2, 0.25) is 5.91 Å². The largest absolute Gasteiger partial charge is 0.381 e. The summed E-state index contributed by atoms with van der Waals surface area (Å²) in [6.07, 6.45) is 8.36. The second-order valence-corrected chi connectivity index (χ2v) is 6.84. The lowest BCUT2D eigenvalue weighted by molar-refractivity contribution is -0.126. The Hall–Kier alpha value is -0.650. The molecule has 3 rings (SSSR count). The Morgan fingerprint density at radius 1 is 1.24 bits per heavy atom. The van der Waals surface area contributed by atoms with Gasteiger partial charge in [-0.15, -0.1) is 0 Å². The van der Waals surface area contributed by atoms with Crippen LogP contribution in [0.2, 0.25) is 0 Å². The van der Waals surface area contributed by atoms with Crippen LogP contribution in [0.5, 0.6) is 0 Å². The van der Waals surface area contributed by atoms with Gasteiger partial charge in [0.25, 0.3) is 0 Å². The SMILES string of the molecule is O=C(CN1CCNCC12CCCCC2)NC1CCOCC1. The first-order valence-electron chi connectivity index (χ1n) is 8.61. The van der Waals surface area contributed by atoms with Gasteiger partial charge in [0, 0.05) is 44.4 Å². The molecule has 120 valence electrons. The van der Waals surface area contributed by atoms with E-state index in [1.54, 1.807) is 0 Å². The fourth-order valence-corrected chi connectivity index (χ4v) is 4.12. The van der Waals surface area contributed by atoms with Crippen molar-refractivity contribution in [1.82, 2.24) is 15.5 Å². The molecule has 2 aliphatic heterocycles. The van der Waals surface area contributed by atoms with Crippen molar-refractivity contribution in [2.75, 3.05) is 39.4 Å². The van der Waals surface area contributed by atoms with Crippen molar-refractivity contribution >= 4 is 5.91 Å². The third-order valence-electron chi connectivity index (χ3n) is 5.39. The van der Waals surface area contributed by atoms with Gasteiger partial charge >= 0.3 is 0 Å². The number of carbonyl (C=O) groups excluding carboxylic acids is 1. The minimum Gasteiger partial charge on any atom is -0.381 e.